The third-order valence-corrected chi connectivity index (χ3v) is 3.82. The number of benzene rings is 2. The Morgan fingerprint density at radius 1 is 0.931 bits per heavy atom. The van der Waals surface area contributed by atoms with Gasteiger partial charge in [-0.1, -0.05) is 24.2 Å². The van der Waals surface area contributed by atoms with Gasteiger partial charge in [-0.05, 0) is 54.6 Å². The third-order valence-electron chi connectivity index (χ3n) is 3.57. The minimum atomic E-state index is -0.492. The molecule has 29 heavy (non-hydrogen) atoms. The van der Waals surface area contributed by atoms with E-state index in [1.54, 1.807) is 54.6 Å². The highest BCUT2D eigenvalue weighted by atomic mass is 35.5. The van der Waals surface area contributed by atoms with Crippen LogP contribution in [0.5, 0.6) is 0 Å². The summed E-state index contributed by atoms with van der Waals surface area (Å²) in [7, 11) is 0. The Bertz CT molecular complexity index is 1040. The molecule has 8 nitrogen and oxygen atoms in total. The molecule has 1 aromatic heterocycles. The summed E-state index contributed by atoms with van der Waals surface area (Å²) in [6, 6.07) is 14.8. The maximum absolute atomic E-state index is 12.3. The first-order chi connectivity index (χ1) is 14.0. The second kappa shape index (κ2) is 9.34. The van der Waals surface area contributed by atoms with Gasteiger partial charge in [0, 0.05) is 28.3 Å². The van der Waals surface area contributed by atoms with E-state index in [9.17, 15) is 9.59 Å². The molecule has 2 aromatic carbocycles. The van der Waals surface area contributed by atoms with Crippen LogP contribution >= 0.6 is 11.6 Å². The van der Waals surface area contributed by atoms with Gasteiger partial charge in [-0.15, -0.1) is 0 Å². The lowest BCUT2D eigenvalue weighted by molar-refractivity contribution is -0.111. The fourth-order valence-corrected chi connectivity index (χ4v) is 2.42. The van der Waals surface area contributed by atoms with Crippen molar-refractivity contribution in [1.29, 1.82) is 0 Å². The van der Waals surface area contributed by atoms with Crippen molar-refractivity contribution < 1.29 is 9.59 Å². The first-order valence-electron chi connectivity index (χ1n) is 8.49. The van der Waals surface area contributed by atoms with Gasteiger partial charge < -0.3 is 16.0 Å². The minimum absolute atomic E-state index is 0.310. The molecule has 0 fully saturated rings. The van der Waals surface area contributed by atoms with Gasteiger partial charge in [0.15, 0.2) is 0 Å². The fraction of sp³-hybridized carbons (Fsp3) is 0. The lowest BCUT2D eigenvalue weighted by Crippen LogP contribution is -2.20. The molecule has 0 atom stereocenters. The van der Waals surface area contributed by atoms with Crippen molar-refractivity contribution in [3.05, 3.63) is 78.5 Å². The SMILES string of the molecule is C=CC(=O)Nc1cccc(NC(=O)Nc2ccnc(Nc3ccc(Cl)cc3)n2)c1. The van der Waals surface area contributed by atoms with Gasteiger partial charge in [0.05, 0.1) is 0 Å². The van der Waals surface area contributed by atoms with Crippen LogP contribution in [-0.4, -0.2) is 21.9 Å². The Labute approximate surface area is 172 Å². The average molecular weight is 409 g/mol. The summed E-state index contributed by atoms with van der Waals surface area (Å²) >= 11 is 5.87. The van der Waals surface area contributed by atoms with Gasteiger partial charge in [0.1, 0.15) is 5.82 Å². The molecule has 3 amide bonds. The molecule has 0 saturated carbocycles. The number of rotatable bonds is 6. The number of carbonyl (C=O) groups is 2. The van der Waals surface area contributed by atoms with Crippen LogP contribution in [0.25, 0.3) is 0 Å². The first kappa shape index (κ1) is 19.8. The molecular weight excluding hydrogens is 392 g/mol. The number of hydrogen-bond acceptors (Lipinski definition) is 5. The maximum atomic E-state index is 12.3. The zero-order chi connectivity index (χ0) is 20.6. The predicted molar refractivity (Wildman–Crippen MR) is 115 cm³/mol. The lowest BCUT2D eigenvalue weighted by atomic mass is 10.2. The third kappa shape index (κ3) is 6.05. The maximum Gasteiger partial charge on any atom is 0.324 e. The van der Waals surface area contributed by atoms with Crippen molar-refractivity contribution in [2.45, 2.75) is 0 Å². The molecule has 146 valence electrons. The molecule has 0 unspecified atom stereocenters. The molecular formula is C20H17ClN6O2. The number of carbonyl (C=O) groups excluding carboxylic acids is 2. The van der Waals surface area contributed by atoms with E-state index >= 15 is 0 Å². The quantitative estimate of drug-likeness (QED) is 0.444. The largest absolute Gasteiger partial charge is 0.324 e. The number of anilines is 5. The van der Waals surface area contributed by atoms with Gasteiger partial charge >= 0.3 is 6.03 Å². The number of amides is 3. The fourth-order valence-electron chi connectivity index (χ4n) is 2.30. The Balaban J connectivity index is 1.62. The van der Waals surface area contributed by atoms with E-state index in [-0.39, 0.29) is 5.91 Å². The summed E-state index contributed by atoms with van der Waals surface area (Å²) in [5, 5.41) is 11.6. The van der Waals surface area contributed by atoms with E-state index in [4.69, 9.17) is 11.6 Å². The smallest absolute Gasteiger partial charge is 0.324 e. The van der Waals surface area contributed by atoms with Gasteiger partial charge in [0.25, 0.3) is 0 Å². The van der Waals surface area contributed by atoms with Crippen molar-refractivity contribution in [1.82, 2.24) is 9.97 Å². The molecule has 0 aliphatic heterocycles. The highest BCUT2D eigenvalue weighted by Crippen LogP contribution is 2.18. The summed E-state index contributed by atoms with van der Waals surface area (Å²) in [4.78, 5) is 32.0. The minimum Gasteiger partial charge on any atom is -0.324 e. The van der Waals surface area contributed by atoms with Crippen molar-refractivity contribution in [3.63, 3.8) is 0 Å². The predicted octanol–water partition coefficient (Wildman–Crippen LogP) is 4.64. The highest BCUT2D eigenvalue weighted by Gasteiger charge is 2.07. The van der Waals surface area contributed by atoms with Crippen molar-refractivity contribution in [2.75, 3.05) is 21.3 Å². The van der Waals surface area contributed by atoms with E-state index in [2.05, 4.69) is 37.8 Å². The Hall–Kier alpha value is -3.91. The number of hydrogen-bond donors (Lipinski definition) is 4. The summed E-state index contributed by atoms with van der Waals surface area (Å²) < 4.78 is 0. The molecule has 0 radical (unpaired) electrons. The van der Waals surface area contributed by atoms with E-state index in [1.165, 1.54) is 6.20 Å². The molecule has 0 aliphatic carbocycles. The van der Waals surface area contributed by atoms with Crippen molar-refractivity contribution >= 4 is 52.4 Å². The second-order valence-corrected chi connectivity index (χ2v) is 6.19. The van der Waals surface area contributed by atoms with Crippen LogP contribution < -0.4 is 21.3 Å². The van der Waals surface area contributed by atoms with Crippen LogP contribution in [0.2, 0.25) is 5.02 Å². The van der Waals surface area contributed by atoms with E-state index in [1.807, 2.05) is 0 Å². The summed E-state index contributed by atoms with van der Waals surface area (Å²) in [6.07, 6.45) is 2.68. The van der Waals surface area contributed by atoms with Crippen molar-refractivity contribution in [3.8, 4) is 0 Å². The molecule has 4 N–H and O–H groups in total. The number of halogens is 1. The summed E-state index contributed by atoms with van der Waals surface area (Å²) in [5.41, 5.74) is 1.79. The Kier molecular flexibility index (Phi) is 6.39. The number of aromatic nitrogens is 2. The van der Waals surface area contributed by atoms with Crippen LogP contribution in [0.1, 0.15) is 0 Å². The molecule has 3 aromatic rings. The first-order valence-corrected chi connectivity index (χ1v) is 8.87. The standard InChI is InChI=1S/C20H17ClN6O2/c1-2-18(28)23-15-4-3-5-16(12-15)25-20(29)27-17-10-11-22-19(26-17)24-14-8-6-13(21)7-9-14/h2-12H,1H2,(H,23,28)(H3,22,24,25,26,27,29). The van der Waals surface area contributed by atoms with E-state index in [0.717, 1.165) is 11.8 Å². The van der Waals surface area contributed by atoms with Gasteiger partial charge in [-0.2, -0.15) is 4.98 Å². The number of urea groups is 1. The number of nitrogens with zero attached hydrogens (tertiary/aromatic N) is 2. The molecule has 1 heterocycles. The molecule has 0 aliphatic rings. The summed E-state index contributed by atoms with van der Waals surface area (Å²) in [5.74, 6) is 0.289. The Morgan fingerprint density at radius 3 is 2.38 bits per heavy atom. The van der Waals surface area contributed by atoms with Gasteiger partial charge in [-0.3, -0.25) is 10.1 Å². The van der Waals surface area contributed by atoms with Crippen LogP contribution in [0.4, 0.5) is 33.6 Å². The molecule has 0 spiro atoms. The number of nitrogens with one attached hydrogen (secondary N) is 4. The monoisotopic (exact) mass is 408 g/mol. The van der Waals surface area contributed by atoms with Crippen molar-refractivity contribution in [2.24, 2.45) is 0 Å². The van der Waals surface area contributed by atoms with Crippen LogP contribution in [-0.2, 0) is 4.79 Å². The normalized spacial score (nSPS) is 9.97. The average Bonchev–Trinajstić information content (AvgIpc) is 2.70. The summed E-state index contributed by atoms with van der Waals surface area (Å²) in [6.45, 7) is 3.40. The molecule has 0 saturated heterocycles. The lowest BCUT2D eigenvalue weighted by Gasteiger charge is -2.10. The topological polar surface area (TPSA) is 108 Å². The van der Waals surface area contributed by atoms with Gasteiger partial charge in [0.2, 0.25) is 11.9 Å². The van der Waals surface area contributed by atoms with E-state index in [0.29, 0.717) is 28.2 Å². The molecule has 0 bridgehead atoms. The van der Waals surface area contributed by atoms with Crippen LogP contribution in [0.3, 0.4) is 0 Å². The Morgan fingerprint density at radius 2 is 1.66 bits per heavy atom. The van der Waals surface area contributed by atoms with Gasteiger partial charge in [-0.25, -0.2) is 9.78 Å². The zero-order valence-electron chi connectivity index (χ0n) is 15.1. The molecule has 3 rings (SSSR count). The zero-order valence-corrected chi connectivity index (χ0v) is 15.9. The second-order valence-electron chi connectivity index (χ2n) is 5.75. The highest BCUT2D eigenvalue weighted by molar-refractivity contribution is 6.30. The van der Waals surface area contributed by atoms with Crippen LogP contribution in [0, 0.1) is 0 Å². The van der Waals surface area contributed by atoms with Crippen LogP contribution in [0.15, 0.2) is 73.4 Å². The van der Waals surface area contributed by atoms with E-state index < -0.39 is 6.03 Å². The molecule has 9 heteroatoms.